The molecule has 0 aromatic carbocycles. The van der Waals surface area contributed by atoms with E-state index in [-0.39, 0.29) is 36.6 Å². The third kappa shape index (κ3) is 3.93. The standard InChI is InChI=1S/C15H22N2O3/c18-11-12-6-2-1-3-7-13(12)16-14(19)10-17-9-5-4-8-15(17)20/h4-5,8-9,12-13,18H,1-3,6-7,10-11H2,(H,16,19). The summed E-state index contributed by atoms with van der Waals surface area (Å²) in [6, 6.07) is 4.85. The van der Waals surface area contributed by atoms with E-state index in [1.807, 2.05) is 0 Å². The van der Waals surface area contributed by atoms with Crippen molar-refractivity contribution in [3.05, 3.63) is 34.7 Å². The molecule has 0 spiro atoms. The van der Waals surface area contributed by atoms with E-state index in [1.54, 1.807) is 18.3 Å². The molecular weight excluding hydrogens is 256 g/mol. The molecule has 2 rings (SSSR count). The quantitative estimate of drug-likeness (QED) is 0.804. The molecule has 1 aliphatic rings. The molecule has 0 bridgehead atoms. The van der Waals surface area contributed by atoms with E-state index in [2.05, 4.69) is 5.32 Å². The van der Waals surface area contributed by atoms with Crippen molar-refractivity contribution < 1.29 is 9.90 Å². The molecule has 2 unspecified atom stereocenters. The van der Waals surface area contributed by atoms with Gasteiger partial charge in [0.05, 0.1) is 0 Å². The highest BCUT2D eigenvalue weighted by atomic mass is 16.3. The summed E-state index contributed by atoms with van der Waals surface area (Å²) in [4.78, 5) is 23.6. The third-order valence-corrected chi connectivity index (χ3v) is 3.95. The Morgan fingerprint density at radius 1 is 1.30 bits per heavy atom. The Kier molecular flexibility index (Phi) is 5.35. The van der Waals surface area contributed by atoms with Gasteiger partial charge in [0.2, 0.25) is 5.91 Å². The van der Waals surface area contributed by atoms with Crippen LogP contribution in [-0.4, -0.2) is 28.2 Å². The fourth-order valence-corrected chi connectivity index (χ4v) is 2.79. The van der Waals surface area contributed by atoms with Gasteiger partial charge in [0.1, 0.15) is 6.54 Å². The number of aromatic nitrogens is 1. The second-order valence-corrected chi connectivity index (χ2v) is 5.42. The van der Waals surface area contributed by atoms with Crippen LogP contribution in [0.25, 0.3) is 0 Å². The summed E-state index contributed by atoms with van der Waals surface area (Å²) >= 11 is 0. The molecule has 1 aliphatic carbocycles. The van der Waals surface area contributed by atoms with Crippen LogP contribution in [0.4, 0.5) is 0 Å². The van der Waals surface area contributed by atoms with Crippen LogP contribution in [0.5, 0.6) is 0 Å². The lowest BCUT2D eigenvalue weighted by molar-refractivity contribution is -0.123. The van der Waals surface area contributed by atoms with Crippen LogP contribution in [0.3, 0.4) is 0 Å². The van der Waals surface area contributed by atoms with E-state index in [0.29, 0.717) is 0 Å². The molecule has 2 N–H and O–H groups in total. The highest BCUT2D eigenvalue weighted by molar-refractivity contribution is 5.76. The molecule has 1 fully saturated rings. The number of rotatable bonds is 4. The van der Waals surface area contributed by atoms with Crippen molar-refractivity contribution >= 4 is 5.91 Å². The molecule has 0 aliphatic heterocycles. The number of carbonyl (C=O) groups is 1. The Balaban J connectivity index is 1.96. The van der Waals surface area contributed by atoms with Crippen molar-refractivity contribution in [2.45, 2.75) is 44.7 Å². The maximum absolute atomic E-state index is 12.1. The van der Waals surface area contributed by atoms with Gasteiger partial charge in [-0.05, 0) is 18.9 Å². The number of aliphatic hydroxyl groups is 1. The van der Waals surface area contributed by atoms with Gasteiger partial charge in [0.25, 0.3) is 5.56 Å². The maximum Gasteiger partial charge on any atom is 0.250 e. The first-order valence-electron chi connectivity index (χ1n) is 7.26. The summed E-state index contributed by atoms with van der Waals surface area (Å²) in [5, 5.41) is 12.4. The van der Waals surface area contributed by atoms with E-state index >= 15 is 0 Å². The Hall–Kier alpha value is -1.62. The van der Waals surface area contributed by atoms with Gasteiger partial charge in [0.15, 0.2) is 0 Å². The molecule has 1 aromatic rings. The molecule has 1 heterocycles. The topological polar surface area (TPSA) is 71.3 Å². The van der Waals surface area contributed by atoms with Crippen LogP contribution in [-0.2, 0) is 11.3 Å². The largest absolute Gasteiger partial charge is 0.396 e. The molecule has 1 saturated carbocycles. The van der Waals surface area contributed by atoms with Crippen LogP contribution in [0, 0.1) is 5.92 Å². The van der Waals surface area contributed by atoms with Gasteiger partial charge in [-0.1, -0.05) is 25.3 Å². The lowest BCUT2D eigenvalue weighted by atomic mass is 9.95. The first kappa shape index (κ1) is 14.8. The Morgan fingerprint density at radius 3 is 2.85 bits per heavy atom. The molecule has 20 heavy (non-hydrogen) atoms. The fraction of sp³-hybridized carbons (Fsp3) is 0.600. The molecule has 1 aromatic heterocycles. The first-order valence-corrected chi connectivity index (χ1v) is 7.26. The summed E-state index contributed by atoms with van der Waals surface area (Å²) in [5.41, 5.74) is -0.178. The highest BCUT2D eigenvalue weighted by Crippen LogP contribution is 2.23. The number of amides is 1. The number of pyridine rings is 1. The molecule has 1 amide bonds. The minimum absolute atomic E-state index is 0.0226. The van der Waals surface area contributed by atoms with Crippen LogP contribution in [0.15, 0.2) is 29.2 Å². The normalized spacial score (nSPS) is 23.1. The second-order valence-electron chi connectivity index (χ2n) is 5.42. The zero-order valence-corrected chi connectivity index (χ0v) is 11.6. The van der Waals surface area contributed by atoms with Crippen molar-refractivity contribution in [2.24, 2.45) is 5.92 Å². The Labute approximate surface area is 118 Å². The average molecular weight is 278 g/mol. The molecule has 2 atom stereocenters. The minimum Gasteiger partial charge on any atom is -0.396 e. The summed E-state index contributed by atoms with van der Waals surface area (Å²) in [7, 11) is 0. The lowest BCUT2D eigenvalue weighted by Crippen LogP contribution is -2.43. The second kappa shape index (κ2) is 7.24. The van der Waals surface area contributed by atoms with Gasteiger partial charge >= 0.3 is 0 Å². The van der Waals surface area contributed by atoms with Gasteiger partial charge in [-0.2, -0.15) is 0 Å². The van der Waals surface area contributed by atoms with Crippen molar-refractivity contribution in [3.8, 4) is 0 Å². The van der Waals surface area contributed by atoms with Gasteiger partial charge in [0, 0.05) is 30.8 Å². The smallest absolute Gasteiger partial charge is 0.250 e. The summed E-state index contributed by atoms with van der Waals surface area (Å²) in [6.45, 7) is 0.143. The highest BCUT2D eigenvalue weighted by Gasteiger charge is 2.24. The summed E-state index contributed by atoms with van der Waals surface area (Å²) in [5.74, 6) is -0.0300. The van der Waals surface area contributed by atoms with Crippen LogP contribution >= 0.6 is 0 Å². The zero-order chi connectivity index (χ0) is 14.4. The SMILES string of the molecule is O=C(Cn1ccccc1=O)NC1CCCCCC1CO. The Bertz CT molecular complexity index is 498. The molecular formula is C15H22N2O3. The summed E-state index contributed by atoms with van der Waals surface area (Å²) in [6.07, 6.45) is 6.80. The van der Waals surface area contributed by atoms with Crippen molar-refractivity contribution in [2.75, 3.05) is 6.61 Å². The predicted molar refractivity (Wildman–Crippen MR) is 76.3 cm³/mol. The molecule has 0 saturated heterocycles. The number of hydrogen-bond acceptors (Lipinski definition) is 3. The minimum atomic E-state index is -0.178. The van der Waals surface area contributed by atoms with E-state index in [1.165, 1.54) is 10.6 Å². The molecule has 110 valence electrons. The molecule has 0 radical (unpaired) electrons. The third-order valence-electron chi connectivity index (χ3n) is 3.95. The van der Waals surface area contributed by atoms with Crippen molar-refractivity contribution in [1.82, 2.24) is 9.88 Å². The fourth-order valence-electron chi connectivity index (χ4n) is 2.79. The van der Waals surface area contributed by atoms with Crippen LogP contribution in [0.2, 0.25) is 0 Å². The van der Waals surface area contributed by atoms with Gasteiger partial charge < -0.3 is 15.0 Å². The van der Waals surface area contributed by atoms with E-state index in [0.717, 1.165) is 32.1 Å². The van der Waals surface area contributed by atoms with Gasteiger partial charge in [-0.3, -0.25) is 9.59 Å². The molecule has 5 nitrogen and oxygen atoms in total. The average Bonchev–Trinajstić information content (AvgIpc) is 2.66. The number of nitrogens with zero attached hydrogens (tertiary/aromatic N) is 1. The number of carbonyl (C=O) groups excluding carboxylic acids is 1. The summed E-state index contributed by atoms with van der Waals surface area (Å²) < 4.78 is 1.39. The number of nitrogens with one attached hydrogen (secondary N) is 1. The Morgan fingerprint density at radius 2 is 2.10 bits per heavy atom. The predicted octanol–water partition coefficient (Wildman–Crippen LogP) is 0.906. The van der Waals surface area contributed by atoms with Gasteiger partial charge in [-0.15, -0.1) is 0 Å². The van der Waals surface area contributed by atoms with E-state index in [4.69, 9.17) is 0 Å². The van der Waals surface area contributed by atoms with Gasteiger partial charge in [-0.25, -0.2) is 0 Å². The van der Waals surface area contributed by atoms with E-state index in [9.17, 15) is 14.7 Å². The van der Waals surface area contributed by atoms with Crippen molar-refractivity contribution in [1.29, 1.82) is 0 Å². The van der Waals surface area contributed by atoms with Crippen LogP contribution < -0.4 is 10.9 Å². The maximum atomic E-state index is 12.1. The van der Waals surface area contributed by atoms with E-state index < -0.39 is 0 Å². The number of aliphatic hydroxyl groups excluding tert-OH is 1. The van der Waals surface area contributed by atoms with Crippen molar-refractivity contribution in [3.63, 3.8) is 0 Å². The zero-order valence-electron chi connectivity index (χ0n) is 11.6. The first-order chi connectivity index (χ1) is 9.70. The van der Waals surface area contributed by atoms with Crippen LogP contribution in [0.1, 0.15) is 32.1 Å². The lowest BCUT2D eigenvalue weighted by Gasteiger charge is -2.24. The number of hydrogen-bond donors (Lipinski definition) is 2. The molecule has 5 heteroatoms. The monoisotopic (exact) mass is 278 g/mol.